The standard InChI is InChI=1S/C19H31N/c1-3-5-6-7-11-14-19(20-17-4-2)16-15-18-12-9-8-10-13-18/h3,8-10,12-13,19-20H,1,4-7,11,14-17H2,2H3. The predicted molar refractivity (Wildman–Crippen MR) is 90.1 cm³/mol. The number of rotatable bonds is 12. The second-order valence-corrected chi connectivity index (χ2v) is 5.60. The van der Waals surface area contributed by atoms with E-state index in [0.29, 0.717) is 6.04 Å². The molecule has 0 saturated heterocycles. The Morgan fingerprint density at radius 1 is 1.10 bits per heavy atom. The van der Waals surface area contributed by atoms with Crippen molar-refractivity contribution < 1.29 is 0 Å². The fraction of sp³-hybridized carbons (Fsp3) is 0.579. The summed E-state index contributed by atoms with van der Waals surface area (Å²) in [5.41, 5.74) is 1.46. The second-order valence-electron chi connectivity index (χ2n) is 5.60. The maximum atomic E-state index is 3.78. The Kier molecular flexibility index (Phi) is 9.95. The summed E-state index contributed by atoms with van der Waals surface area (Å²) in [6, 6.07) is 11.5. The van der Waals surface area contributed by atoms with E-state index >= 15 is 0 Å². The smallest absolute Gasteiger partial charge is 0.00702 e. The van der Waals surface area contributed by atoms with Crippen molar-refractivity contribution in [1.82, 2.24) is 5.32 Å². The molecule has 1 rings (SSSR count). The number of hydrogen-bond acceptors (Lipinski definition) is 1. The molecule has 1 nitrogen and oxygen atoms in total. The van der Waals surface area contributed by atoms with Gasteiger partial charge in [0.15, 0.2) is 0 Å². The molecular formula is C19H31N. The van der Waals surface area contributed by atoms with Gasteiger partial charge in [0.2, 0.25) is 0 Å². The molecule has 0 amide bonds. The normalized spacial score (nSPS) is 12.2. The highest BCUT2D eigenvalue weighted by Gasteiger charge is 2.07. The lowest BCUT2D eigenvalue weighted by Crippen LogP contribution is -2.30. The second kappa shape index (κ2) is 11.7. The molecule has 20 heavy (non-hydrogen) atoms. The Labute approximate surface area is 125 Å². The highest BCUT2D eigenvalue weighted by Crippen LogP contribution is 2.12. The van der Waals surface area contributed by atoms with Gasteiger partial charge in [0, 0.05) is 6.04 Å². The van der Waals surface area contributed by atoms with Gasteiger partial charge in [-0.2, -0.15) is 0 Å². The molecule has 0 spiro atoms. The van der Waals surface area contributed by atoms with Crippen LogP contribution in [0.3, 0.4) is 0 Å². The van der Waals surface area contributed by atoms with Gasteiger partial charge >= 0.3 is 0 Å². The molecular weight excluding hydrogens is 242 g/mol. The fourth-order valence-electron chi connectivity index (χ4n) is 2.54. The molecule has 0 aliphatic carbocycles. The highest BCUT2D eigenvalue weighted by atomic mass is 14.9. The molecule has 112 valence electrons. The number of benzene rings is 1. The summed E-state index contributed by atoms with van der Waals surface area (Å²) in [6.07, 6.45) is 12.1. The van der Waals surface area contributed by atoms with Crippen LogP contribution in [0, 0.1) is 0 Å². The minimum Gasteiger partial charge on any atom is -0.314 e. The first-order valence-electron chi connectivity index (χ1n) is 8.25. The van der Waals surface area contributed by atoms with Crippen molar-refractivity contribution in [2.45, 2.75) is 64.3 Å². The first-order chi connectivity index (χ1) is 9.86. The maximum Gasteiger partial charge on any atom is 0.00702 e. The van der Waals surface area contributed by atoms with E-state index in [-0.39, 0.29) is 0 Å². The summed E-state index contributed by atoms with van der Waals surface area (Å²) in [6.45, 7) is 7.17. The third-order valence-corrected chi connectivity index (χ3v) is 3.77. The van der Waals surface area contributed by atoms with E-state index in [1.54, 1.807) is 0 Å². The van der Waals surface area contributed by atoms with Gasteiger partial charge < -0.3 is 5.32 Å². The van der Waals surface area contributed by atoms with Crippen LogP contribution in [0.5, 0.6) is 0 Å². The molecule has 0 saturated carbocycles. The minimum atomic E-state index is 0.680. The molecule has 0 bridgehead atoms. The molecule has 1 aromatic carbocycles. The molecule has 1 aromatic rings. The minimum absolute atomic E-state index is 0.680. The van der Waals surface area contributed by atoms with Crippen molar-refractivity contribution in [2.75, 3.05) is 6.54 Å². The molecule has 0 aliphatic rings. The summed E-state index contributed by atoms with van der Waals surface area (Å²) in [4.78, 5) is 0. The molecule has 0 radical (unpaired) electrons. The van der Waals surface area contributed by atoms with Crippen LogP contribution in [0.1, 0.15) is 57.4 Å². The van der Waals surface area contributed by atoms with E-state index in [4.69, 9.17) is 0 Å². The Morgan fingerprint density at radius 3 is 2.60 bits per heavy atom. The van der Waals surface area contributed by atoms with Crippen molar-refractivity contribution in [3.8, 4) is 0 Å². The summed E-state index contributed by atoms with van der Waals surface area (Å²) in [5.74, 6) is 0. The van der Waals surface area contributed by atoms with Crippen LogP contribution >= 0.6 is 0 Å². The summed E-state index contributed by atoms with van der Waals surface area (Å²) in [7, 11) is 0. The third kappa shape index (κ3) is 8.16. The van der Waals surface area contributed by atoms with Crippen molar-refractivity contribution >= 4 is 0 Å². The lowest BCUT2D eigenvalue weighted by molar-refractivity contribution is 0.433. The fourth-order valence-corrected chi connectivity index (χ4v) is 2.54. The van der Waals surface area contributed by atoms with Gasteiger partial charge in [0.1, 0.15) is 0 Å². The van der Waals surface area contributed by atoms with Gasteiger partial charge in [-0.3, -0.25) is 0 Å². The van der Waals surface area contributed by atoms with Crippen LogP contribution in [0.25, 0.3) is 0 Å². The van der Waals surface area contributed by atoms with Crippen LogP contribution in [0.15, 0.2) is 43.0 Å². The first kappa shape index (κ1) is 17.0. The van der Waals surface area contributed by atoms with E-state index < -0.39 is 0 Å². The third-order valence-electron chi connectivity index (χ3n) is 3.77. The molecule has 0 aromatic heterocycles. The van der Waals surface area contributed by atoms with Crippen molar-refractivity contribution in [2.24, 2.45) is 0 Å². The van der Waals surface area contributed by atoms with E-state index in [1.165, 1.54) is 50.5 Å². The van der Waals surface area contributed by atoms with E-state index in [0.717, 1.165) is 13.0 Å². The largest absolute Gasteiger partial charge is 0.314 e. The van der Waals surface area contributed by atoms with Crippen LogP contribution in [-0.4, -0.2) is 12.6 Å². The van der Waals surface area contributed by atoms with Crippen molar-refractivity contribution in [3.63, 3.8) is 0 Å². The van der Waals surface area contributed by atoms with E-state index in [9.17, 15) is 0 Å². The molecule has 1 unspecified atom stereocenters. The lowest BCUT2D eigenvalue weighted by atomic mass is 10.00. The van der Waals surface area contributed by atoms with Crippen LogP contribution in [-0.2, 0) is 6.42 Å². The SMILES string of the molecule is C=CCCCCCC(CCc1ccccc1)NCCC. The zero-order valence-corrected chi connectivity index (χ0v) is 13.1. The maximum absolute atomic E-state index is 3.78. The van der Waals surface area contributed by atoms with Crippen molar-refractivity contribution in [1.29, 1.82) is 0 Å². The predicted octanol–water partition coefficient (Wildman–Crippen LogP) is 5.12. The Morgan fingerprint density at radius 2 is 1.90 bits per heavy atom. The van der Waals surface area contributed by atoms with Crippen LogP contribution in [0.4, 0.5) is 0 Å². The van der Waals surface area contributed by atoms with Gasteiger partial charge in [0.05, 0.1) is 0 Å². The average molecular weight is 273 g/mol. The number of allylic oxidation sites excluding steroid dienone is 1. The van der Waals surface area contributed by atoms with Gasteiger partial charge in [-0.05, 0) is 50.6 Å². The Balaban J connectivity index is 2.25. The number of unbranched alkanes of at least 4 members (excludes halogenated alkanes) is 3. The Bertz CT molecular complexity index is 331. The zero-order valence-electron chi connectivity index (χ0n) is 13.1. The van der Waals surface area contributed by atoms with Gasteiger partial charge in [0.25, 0.3) is 0 Å². The quantitative estimate of drug-likeness (QED) is 0.411. The number of nitrogens with one attached hydrogen (secondary N) is 1. The van der Waals surface area contributed by atoms with E-state index in [2.05, 4.69) is 49.2 Å². The summed E-state index contributed by atoms with van der Waals surface area (Å²) >= 11 is 0. The molecule has 1 N–H and O–H groups in total. The van der Waals surface area contributed by atoms with Crippen LogP contribution in [0.2, 0.25) is 0 Å². The first-order valence-corrected chi connectivity index (χ1v) is 8.25. The molecule has 0 heterocycles. The van der Waals surface area contributed by atoms with Crippen molar-refractivity contribution in [3.05, 3.63) is 48.6 Å². The molecule has 0 fully saturated rings. The van der Waals surface area contributed by atoms with E-state index in [1.807, 2.05) is 6.08 Å². The van der Waals surface area contributed by atoms with Gasteiger partial charge in [-0.1, -0.05) is 56.2 Å². The van der Waals surface area contributed by atoms with Gasteiger partial charge in [-0.15, -0.1) is 6.58 Å². The number of hydrogen-bond donors (Lipinski definition) is 1. The number of aryl methyl sites for hydroxylation is 1. The average Bonchev–Trinajstić information content (AvgIpc) is 2.50. The molecule has 1 atom stereocenters. The van der Waals surface area contributed by atoms with Gasteiger partial charge in [-0.25, -0.2) is 0 Å². The lowest BCUT2D eigenvalue weighted by Gasteiger charge is -2.18. The monoisotopic (exact) mass is 273 g/mol. The summed E-state index contributed by atoms with van der Waals surface area (Å²) < 4.78 is 0. The zero-order chi connectivity index (χ0) is 14.5. The highest BCUT2D eigenvalue weighted by molar-refractivity contribution is 5.14. The topological polar surface area (TPSA) is 12.0 Å². The molecule has 1 heteroatoms. The van der Waals surface area contributed by atoms with Crippen LogP contribution < -0.4 is 5.32 Å². The Hall–Kier alpha value is -1.08. The molecule has 0 aliphatic heterocycles. The summed E-state index contributed by atoms with van der Waals surface area (Å²) in [5, 5.41) is 3.71.